The van der Waals surface area contributed by atoms with Gasteiger partial charge in [0.05, 0.1) is 12.7 Å². The Kier molecular flexibility index (Phi) is 4.46. The number of carbonyl (C=O) groups excluding carboxylic acids is 1. The fourth-order valence-electron chi connectivity index (χ4n) is 2.58. The van der Waals surface area contributed by atoms with Gasteiger partial charge in [-0.2, -0.15) is 5.26 Å². The summed E-state index contributed by atoms with van der Waals surface area (Å²) in [4.78, 5) is 17.6. The molecule has 1 aliphatic rings. The molecule has 5 nitrogen and oxygen atoms in total. The SMILES string of the molecule is COC(=O)c1c(N/C=C(\C#N)c2nc(C)cs2)sc2c1CCC2. The van der Waals surface area contributed by atoms with Crippen LogP contribution in [0.2, 0.25) is 0 Å². The average molecular weight is 345 g/mol. The fourth-order valence-corrected chi connectivity index (χ4v) is 4.59. The second kappa shape index (κ2) is 6.52. The number of thiazole rings is 1. The van der Waals surface area contributed by atoms with Crippen LogP contribution in [0.15, 0.2) is 11.6 Å². The number of aromatic nitrogens is 1. The van der Waals surface area contributed by atoms with Crippen LogP contribution in [-0.4, -0.2) is 18.1 Å². The van der Waals surface area contributed by atoms with Crippen LogP contribution in [-0.2, 0) is 17.6 Å². The quantitative estimate of drug-likeness (QED) is 0.674. The number of rotatable bonds is 4. The summed E-state index contributed by atoms with van der Waals surface area (Å²) in [6.07, 6.45) is 4.58. The maximum absolute atomic E-state index is 12.1. The van der Waals surface area contributed by atoms with Gasteiger partial charge < -0.3 is 10.1 Å². The van der Waals surface area contributed by atoms with E-state index in [9.17, 15) is 10.1 Å². The number of nitrogens with zero attached hydrogens (tertiary/aromatic N) is 2. The first-order chi connectivity index (χ1) is 11.1. The van der Waals surface area contributed by atoms with E-state index in [0.717, 1.165) is 35.5 Å². The minimum atomic E-state index is -0.330. The van der Waals surface area contributed by atoms with Crippen LogP contribution in [0.5, 0.6) is 0 Å². The predicted molar refractivity (Wildman–Crippen MR) is 91.7 cm³/mol. The van der Waals surface area contributed by atoms with Gasteiger partial charge in [0.1, 0.15) is 21.7 Å². The number of nitriles is 1. The number of fused-ring (bicyclic) bond motifs is 1. The van der Waals surface area contributed by atoms with Gasteiger partial charge in [-0.15, -0.1) is 22.7 Å². The van der Waals surface area contributed by atoms with Gasteiger partial charge >= 0.3 is 5.97 Å². The molecule has 0 fully saturated rings. The lowest BCUT2D eigenvalue weighted by Crippen LogP contribution is -2.05. The molecule has 0 bridgehead atoms. The number of allylic oxidation sites excluding steroid dienone is 1. The number of esters is 1. The largest absolute Gasteiger partial charge is 0.465 e. The molecule has 0 aliphatic heterocycles. The Morgan fingerprint density at radius 2 is 2.35 bits per heavy atom. The smallest absolute Gasteiger partial charge is 0.341 e. The van der Waals surface area contributed by atoms with Crippen molar-refractivity contribution in [1.29, 1.82) is 5.26 Å². The number of thiophene rings is 1. The normalized spacial score (nSPS) is 13.5. The van der Waals surface area contributed by atoms with E-state index >= 15 is 0 Å². The summed E-state index contributed by atoms with van der Waals surface area (Å²) in [5.41, 5.74) is 3.03. The zero-order chi connectivity index (χ0) is 16.4. The molecular weight excluding hydrogens is 330 g/mol. The third-order valence-electron chi connectivity index (χ3n) is 3.63. The van der Waals surface area contributed by atoms with Crippen LogP contribution in [0, 0.1) is 18.3 Å². The number of methoxy groups -OCH3 is 1. The van der Waals surface area contributed by atoms with Crippen LogP contribution in [0.4, 0.5) is 5.00 Å². The van der Waals surface area contributed by atoms with Gasteiger partial charge in [0.2, 0.25) is 0 Å². The second-order valence-electron chi connectivity index (χ2n) is 5.16. The summed E-state index contributed by atoms with van der Waals surface area (Å²) in [6, 6.07) is 2.15. The van der Waals surface area contributed by atoms with Crippen LogP contribution in [0.3, 0.4) is 0 Å². The van der Waals surface area contributed by atoms with Crippen molar-refractivity contribution in [2.75, 3.05) is 12.4 Å². The van der Waals surface area contributed by atoms with E-state index in [1.54, 1.807) is 17.5 Å². The van der Waals surface area contributed by atoms with E-state index in [0.29, 0.717) is 16.1 Å². The van der Waals surface area contributed by atoms with Crippen LogP contribution < -0.4 is 5.32 Å². The van der Waals surface area contributed by atoms with Crippen molar-refractivity contribution < 1.29 is 9.53 Å². The molecule has 2 aromatic heterocycles. The van der Waals surface area contributed by atoms with Crippen molar-refractivity contribution in [1.82, 2.24) is 4.98 Å². The standard InChI is InChI=1S/C16H15N3O2S2/c1-9-8-22-14(19-9)10(6-17)7-18-15-13(16(20)21-2)11-4-3-5-12(11)23-15/h7-8,18H,3-5H2,1-2H3/b10-7+. The van der Waals surface area contributed by atoms with Crippen molar-refractivity contribution in [2.45, 2.75) is 26.2 Å². The first kappa shape index (κ1) is 15.7. The van der Waals surface area contributed by atoms with Gasteiger partial charge in [-0.25, -0.2) is 9.78 Å². The number of carbonyl (C=O) groups is 1. The first-order valence-electron chi connectivity index (χ1n) is 7.16. The monoisotopic (exact) mass is 345 g/mol. The van der Waals surface area contributed by atoms with Crippen molar-refractivity contribution in [3.05, 3.63) is 38.3 Å². The Hall–Kier alpha value is -2.17. The molecule has 0 saturated heterocycles. The minimum absolute atomic E-state index is 0.330. The number of hydrogen-bond donors (Lipinski definition) is 1. The molecule has 0 radical (unpaired) electrons. The molecule has 118 valence electrons. The highest BCUT2D eigenvalue weighted by Gasteiger charge is 2.26. The highest BCUT2D eigenvalue weighted by molar-refractivity contribution is 7.16. The van der Waals surface area contributed by atoms with Gasteiger partial charge in [-0.05, 0) is 31.7 Å². The molecule has 0 amide bonds. The molecule has 7 heteroatoms. The molecule has 1 N–H and O–H groups in total. The molecular formula is C16H15N3O2S2. The number of ether oxygens (including phenoxy) is 1. The third-order valence-corrected chi connectivity index (χ3v) is 5.84. The molecule has 2 heterocycles. The maximum atomic E-state index is 12.1. The zero-order valence-electron chi connectivity index (χ0n) is 12.8. The van der Waals surface area contributed by atoms with Crippen LogP contribution >= 0.6 is 22.7 Å². The average Bonchev–Trinajstić information content (AvgIpc) is 3.23. The Balaban J connectivity index is 1.92. The number of hydrogen-bond acceptors (Lipinski definition) is 7. The van der Waals surface area contributed by atoms with Crippen LogP contribution in [0.1, 0.15) is 37.9 Å². The van der Waals surface area contributed by atoms with E-state index < -0.39 is 0 Å². The number of anilines is 1. The first-order valence-corrected chi connectivity index (χ1v) is 8.85. The van der Waals surface area contributed by atoms with Crippen LogP contribution in [0.25, 0.3) is 5.57 Å². The molecule has 0 saturated carbocycles. The summed E-state index contributed by atoms with van der Waals surface area (Å²) < 4.78 is 4.91. The number of nitrogens with one attached hydrogen (secondary N) is 1. The summed E-state index contributed by atoms with van der Waals surface area (Å²) in [5, 5.41) is 15.8. The predicted octanol–water partition coefficient (Wildman–Crippen LogP) is 3.76. The molecule has 0 aromatic carbocycles. The van der Waals surface area contributed by atoms with E-state index in [-0.39, 0.29) is 5.97 Å². The Morgan fingerprint density at radius 3 is 3.00 bits per heavy atom. The molecule has 23 heavy (non-hydrogen) atoms. The zero-order valence-corrected chi connectivity index (χ0v) is 14.4. The van der Waals surface area contributed by atoms with Gasteiger partial charge in [0.25, 0.3) is 0 Å². The van der Waals surface area contributed by atoms with Crippen molar-refractivity contribution in [3.8, 4) is 6.07 Å². The van der Waals surface area contributed by atoms with E-state index in [2.05, 4.69) is 16.4 Å². The molecule has 2 aromatic rings. The molecule has 0 atom stereocenters. The Morgan fingerprint density at radius 1 is 1.52 bits per heavy atom. The lowest BCUT2D eigenvalue weighted by atomic mass is 10.1. The van der Waals surface area contributed by atoms with E-state index in [4.69, 9.17) is 4.74 Å². The summed E-state index contributed by atoms with van der Waals surface area (Å²) in [7, 11) is 1.39. The second-order valence-corrected chi connectivity index (χ2v) is 7.12. The molecule has 0 spiro atoms. The topological polar surface area (TPSA) is 75.0 Å². The Labute approximate surface area is 142 Å². The molecule has 3 rings (SSSR count). The summed E-state index contributed by atoms with van der Waals surface area (Å²) in [6.45, 7) is 1.89. The number of aryl methyl sites for hydroxylation is 2. The fraction of sp³-hybridized carbons (Fsp3) is 0.312. The summed E-state index contributed by atoms with van der Waals surface area (Å²) >= 11 is 2.99. The van der Waals surface area contributed by atoms with Gasteiger partial charge in [0.15, 0.2) is 0 Å². The highest BCUT2D eigenvalue weighted by Crippen LogP contribution is 2.39. The van der Waals surface area contributed by atoms with Gasteiger partial charge in [-0.3, -0.25) is 0 Å². The maximum Gasteiger partial charge on any atom is 0.341 e. The van der Waals surface area contributed by atoms with Crippen molar-refractivity contribution in [2.24, 2.45) is 0 Å². The highest BCUT2D eigenvalue weighted by atomic mass is 32.1. The van der Waals surface area contributed by atoms with Crippen molar-refractivity contribution in [3.63, 3.8) is 0 Å². The Bertz CT molecular complexity index is 827. The lowest BCUT2D eigenvalue weighted by Gasteiger charge is -2.04. The summed E-state index contributed by atoms with van der Waals surface area (Å²) in [5.74, 6) is -0.330. The van der Waals surface area contributed by atoms with E-state index in [1.807, 2.05) is 12.3 Å². The van der Waals surface area contributed by atoms with Gasteiger partial charge in [-0.1, -0.05) is 0 Å². The third kappa shape index (κ3) is 3.00. The van der Waals surface area contributed by atoms with E-state index in [1.165, 1.54) is 23.3 Å². The van der Waals surface area contributed by atoms with Gasteiger partial charge in [0, 0.05) is 22.2 Å². The molecule has 1 aliphatic carbocycles. The molecule has 0 unspecified atom stereocenters. The lowest BCUT2D eigenvalue weighted by molar-refractivity contribution is 0.0601. The van der Waals surface area contributed by atoms with Crippen molar-refractivity contribution >= 4 is 39.2 Å². The minimum Gasteiger partial charge on any atom is -0.465 e.